The highest BCUT2D eigenvalue weighted by atomic mass is 16.5. The number of anilines is 2. The van der Waals surface area contributed by atoms with Crippen molar-refractivity contribution in [1.82, 2.24) is 0 Å². The number of carbonyl (C=O) groups excluding carboxylic acids is 1. The Labute approximate surface area is 165 Å². The fourth-order valence-corrected chi connectivity index (χ4v) is 2.53. The summed E-state index contributed by atoms with van der Waals surface area (Å²) in [5.74, 6) is 1.49. The summed E-state index contributed by atoms with van der Waals surface area (Å²) in [6, 6.07) is 24.8. The fourth-order valence-electron chi connectivity index (χ4n) is 2.53. The van der Waals surface area contributed by atoms with E-state index < -0.39 is 0 Å². The Hall–Kier alpha value is -3.47. The van der Waals surface area contributed by atoms with Crippen LogP contribution in [0, 0.1) is 6.92 Å². The van der Waals surface area contributed by atoms with Crippen LogP contribution < -0.4 is 20.1 Å². The van der Waals surface area contributed by atoms with Gasteiger partial charge in [-0.1, -0.05) is 35.9 Å². The fraction of sp³-hybridized carbons (Fsp3) is 0.174. The number of aryl methyl sites for hydroxylation is 1. The highest BCUT2D eigenvalue weighted by Gasteiger charge is 2.03. The van der Waals surface area contributed by atoms with Crippen molar-refractivity contribution in [3.8, 4) is 11.5 Å². The van der Waals surface area contributed by atoms with Crippen molar-refractivity contribution in [2.24, 2.45) is 0 Å². The van der Waals surface area contributed by atoms with Crippen LogP contribution in [0.15, 0.2) is 78.9 Å². The molecule has 0 aliphatic heterocycles. The summed E-state index contributed by atoms with van der Waals surface area (Å²) in [7, 11) is 0. The Balaban J connectivity index is 1.36. The molecule has 0 atom stereocenters. The van der Waals surface area contributed by atoms with Gasteiger partial charge in [-0.15, -0.1) is 0 Å². The molecule has 0 bridgehead atoms. The van der Waals surface area contributed by atoms with Crippen molar-refractivity contribution in [2.75, 3.05) is 30.4 Å². The molecular weight excluding hydrogens is 352 g/mol. The molecule has 0 spiro atoms. The quantitative estimate of drug-likeness (QED) is 0.540. The lowest BCUT2D eigenvalue weighted by molar-refractivity contribution is -0.114. The third-order valence-corrected chi connectivity index (χ3v) is 4.01. The number of nitrogens with one attached hydrogen (secondary N) is 2. The first-order valence-electron chi connectivity index (χ1n) is 9.20. The summed E-state index contributed by atoms with van der Waals surface area (Å²) in [6.45, 7) is 3.14. The number of benzene rings is 3. The van der Waals surface area contributed by atoms with Crippen LogP contribution in [-0.4, -0.2) is 25.7 Å². The van der Waals surface area contributed by atoms with Crippen LogP contribution in [0.1, 0.15) is 5.56 Å². The molecule has 3 aromatic carbocycles. The molecule has 144 valence electrons. The largest absolute Gasteiger partial charge is 0.490 e. The van der Waals surface area contributed by atoms with Gasteiger partial charge in [-0.25, -0.2) is 0 Å². The van der Waals surface area contributed by atoms with Gasteiger partial charge in [0.15, 0.2) is 0 Å². The molecule has 0 heterocycles. The monoisotopic (exact) mass is 376 g/mol. The van der Waals surface area contributed by atoms with Gasteiger partial charge in [0.1, 0.15) is 24.7 Å². The Morgan fingerprint density at radius 3 is 1.96 bits per heavy atom. The molecule has 2 N–H and O–H groups in total. The summed E-state index contributed by atoms with van der Waals surface area (Å²) in [6.07, 6.45) is 0. The summed E-state index contributed by atoms with van der Waals surface area (Å²) in [5.41, 5.74) is 2.80. The number of carbonyl (C=O) groups is 1. The van der Waals surface area contributed by atoms with E-state index in [1.165, 1.54) is 0 Å². The van der Waals surface area contributed by atoms with Crippen LogP contribution in [0.25, 0.3) is 0 Å². The van der Waals surface area contributed by atoms with E-state index in [9.17, 15) is 4.79 Å². The highest BCUT2D eigenvalue weighted by molar-refractivity contribution is 5.93. The minimum Gasteiger partial charge on any atom is -0.490 e. The lowest BCUT2D eigenvalue weighted by atomic mass is 10.2. The number of para-hydroxylation sites is 1. The number of rotatable bonds is 9. The van der Waals surface area contributed by atoms with Crippen molar-refractivity contribution in [1.29, 1.82) is 0 Å². The molecule has 5 heteroatoms. The minimum atomic E-state index is -0.0951. The first kappa shape index (κ1) is 19.3. The Morgan fingerprint density at radius 2 is 1.32 bits per heavy atom. The minimum absolute atomic E-state index is 0.0951. The van der Waals surface area contributed by atoms with E-state index in [-0.39, 0.29) is 12.5 Å². The lowest BCUT2D eigenvalue weighted by Crippen LogP contribution is -2.21. The van der Waals surface area contributed by atoms with Crippen molar-refractivity contribution in [2.45, 2.75) is 6.92 Å². The third kappa shape index (κ3) is 6.36. The van der Waals surface area contributed by atoms with Crippen LogP contribution in [0.3, 0.4) is 0 Å². The maximum absolute atomic E-state index is 12.0. The van der Waals surface area contributed by atoms with Crippen molar-refractivity contribution < 1.29 is 14.3 Å². The third-order valence-electron chi connectivity index (χ3n) is 4.01. The van der Waals surface area contributed by atoms with Crippen LogP contribution >= 0.6 is 0 Å². The summed E-state index contributed by atoms with van der Waals surface area (Å²) >= 11 is 0. The van der Waals surface area contributed by atoms with Gasteiger partial charge < -0.3 is 20.1 Å². The molecule has 0 saturated heterocycles. The lowest BCUT2D eigenvalue weighted by Gasteiger charge is -2.10. The molecule has 0 unspecified atom stereocenters. The smallest absolute Gasteiger partial charge is 0.243 e. The van der Waals surface area contributed by atoms with E-state index in [4.69, 9.17) is 9.47 Å². The Bertz CT molecular complexity index is 863. The van der Waals surface area contributed by atoms with Crippen LogP contribution in [0.5, 0.6) is 11.5 Å². The van der Waals surface area contributed by atoms with Crippen LogP contribution in [-0.2, 0) is 4.79 Å². The Kier molecular flexibility index (Phi) is 6.90. The first-order valence-corrected chi connectivity index (χ1v) is 9.20. The molecule has 0 aliphatic rings. The zero-order chi connectivity index (χ0) is 19.6. The maximum atomic E-state index is 12.0. The van der Waals surface area contributed by atoms with Gasteiger partial charge in [0, 0.05) is 11.4 Å². The second-order valence-electron chi connectivity index (χ2n) is 6.30. The second kappa shape index (κ2) is 10.0. The molecule has 1 amide bonds. The van der Waals surface area contributed by atoms with E-state index in [2.05, 4.69) is 10.6 Å². The zero-order valence-electron chi connectivity index (χ0n) is 15.9. The van der Waals surface area contributed by atoms with Crippen LogP contribution in [0.2, 0.25) is 0 Å². The number of hydrogen-bond donors (Lipinski definition) is 2. The van der Waals surface area contributed by atoms with Gasteiger partial charge >= 0.3 is 0 Å². The van der Waals surface area contributed by atoms with E-state index >= 15 is 0 Å². The van der Waals surface area contributed by atoms with E-state index in [0.717, 1.165) is 28.4 Å². The van der Waals surface area contributed by atoms with Gasteiger partial charge in [-0.3, -0.25) is 4.79 Å². The highest BCUT2D eigenvalue weighted by Crippen LogP contribution is 2.16. The van der Waals surface area contributed by atoms with E-state index in [0.29, 0.717) is 13.2 Å². The molecule has 3 aromatic rings. The molecule has 3 rings (SSSR count). The SMILES string of the molecule is Cc1ccc(NC(=O)CNc2ccc(OCCOc3ccccc3)cc2)cc1. The normalized spacial score (nSPS) is 10.2. The summed E-state index contributed by atoms with van der Waals surface area (Å²) in [4.78, 5) is 12.0. The van der Waals surface area contributed by atoms with Crippen molar-refractivity contribution in [3.63, 3.8) is 0 Å². The first-order chi connectivity index (χ1) is 13.7. The van der Waals surface area contributed by atoms with Crippen LogP contribution in [0.4, 0.5) is 11.4 Å². The Morgan fingerprint density at radius 1 is 0.750 bits per heavy atom. The van der Waals surface area contributed by atoms with Gasteiger partial charge in [-0.2, -0.15) is 0 Å². The predicted octanol–water partition coefficient (Wildman–Crippen LogP) is 4.50. The molecular formula is C23H24N2O3. The van der Waals surface area contributed by atoms with E-state index in [1.54, 1.807) is 0 Å². The average molecular weight is 376 g/mol. The van der Waals surface area contributed by atoms with E-state index in [1.807, 2.05) is 85.8 Å². The summed E-state index contributed by atoms with van der Waals surface area (Å²) in [5, 5.41) is 5.96. The molecule has 0 fully saturated rings. The standard InChI is InChI=1S/C23H24N2O3/c1-18-7-9-20(10-8-18)25-23(26)17-24-19-11-13-22(14-12-19)28-16-15-27-21-5-3-2-4-6-21/h2-14,24H,15-17H2,1H3,(H,25,26). The van der Waals surface area contributed by atoms with Gasteiger partial charge in [0.2, 0.25) is 5.91 Å². The topological polar surface area (TPSA) is 59.6 Å². The molecule has 0 radical (unpaired) electrons. The summed E-state index contributed by atoms with van der Waals surface area (Å²) < 4.78 is 11.3. The molecule has 28 heavy (non-hydrogen) atoms. The van der Waals surface area contributed by atoms with Crippen molar-refractivity contribution >= 4 is 17.3 Å². The van der Waals surface area contributed by atoms with Crippen molar-refractivity contribution in [3.05, 3.63) is 84.4 Å². The second-order valence-corrected chi connectivity index (χ2v) is 6.30. The zero-order valence-corrected chi connectivity index (χ0v) is 15.9. The predicted molar refractivity (Wildman–Crippen MR) is 112 cm³/mol. The molecule has 0 aromatic heterocycles. The van der Waals surface area contributed by atoms with Gasteiger partial charge in [0.05, 0.1) is 6.54 Å². The molecule has 0 aliphatic carbocycles. The van der Waals surface area contributed by atoms with Gasteiger partial charge in [-0.05, 0) is 55.5 Å². The molecule has 5 nitrogen and oxygen atoms in total. The number of hydrogen-bond acceptors (Lipinski definition) is 4. The molecule has 0 saturated carbocycles. The average Bonchev–Trinajstić information content (AvgIpc) is 2.73. The number of ether oxygens (including phenoxy) is 2. The maximum Gasteiger partial charge on any atom is 0.243 e. The number of amides is 1. The van der Waals surface area contributed by atoms with Gasteiger partial charge in [0.25, 0.3) is 0 Å².